The van der Waals surface area contributed by atoms with Gasteiger partial charge in [0.15, 0.2) is 0 Å². The van der Waals surface area contributed by atoms with Crippen molar-refractivity contribution in [1.29, 1.82) is 0 Å². The Hall–Kier alpha value is -3.18. The van der Waals surface area contributed by atoms with Crippen LogP contribution in [0.4, 0.5) is 22.7 Å². The number of benzene rings is 3. The third-order valence-electron chi connectivity index (χ3n) is 3.47. The second-order valence-corrected chi connectivity index (χ2v) is 5.67. The Bertz CT molecular complexity index is 910. The largest absolute Gasteiger partial charge is 0.356 e. The van der Waals surface area contributed by atoms with Crippen LogP contribution in [0, 0.1) is 10.1 Å². The van der Waals surface area contributed by atoms with Crippen molar-refractivity contribution >= 4 is 40.6 Å². The summed E-state index contributed by atoms with van der Waals surface area (Å²) >= 11 is 6.06. The molecule has 0 heterocycles. The fourth-order valence-electron chi connectivity index (χ4n) is 2.21. The van der Waals surface area contributed by atoms with Gasteiger partial charge in [-0.2, -0.15) is 0 Å². The Morgan fingerprint density at radius 1 is 0.960 bits per heavy atom. The number of para-hydroxylation sites is 1. The minimum absolute atomic E-state index is 0.0201. The summed E-state index contributed by atoms with van der Waals surface area (Å²) in [6.45, 7) is 0. The zero-order valence-corrected chi connectivity index (χ0v) is 13.9. The van der Waals surface area contributed by atoms with Crippen LogP contribution < -0.4 is 5.32 Å². The number of halogens is 1. The number of aliphatic imine (C=N–C) groups is 1. The minimum Gasteiger partial charge on any atom is -0.356 e. The number of nitro benzene ring substituents is 1. The van der Waals surface area contributed by atoms with Crippen LogP contribution in [0.3, 0.4) is 0 Å². The molecule has 3 aromatic carbocycles. The highest BCUT2D eigenvalue weighted by Gasteiger charge is 2.08. The predicted molar refractivity (Wildman–Crippen MR) is 102 cm³/mol. The summed E-state index contributed by atoms with van der Waals surface area (Å²) in [5, 5.41) is 14.5. The molecule has 0 saturated carbocycles. The molecule has 0 saturated heterocycles. The first-order valence-corrected chi connectivity index (χ1v) is 7.90. The summed E-state index contributed by atoms with van der Waals surface area (Å²) in [6, 6.07) is 21.6. The lowest BCUT2D eigenvalue weighted by Gasteiger charge is -2.06. The molecular formula is C19H14ClN3O2. The molecule has 6 heteroatoms. The lowest BCUT2D eigenvalue weighted by atomic mass is 10.2. The summed E-state index contributed by atoms with van der Waals surface area (Å²) < 4.78 is 0. The molecule has 124 valence electrons. The molecule has 0 radical (unpaired) electrons. The molecule has 3 aromatic rings. The van der Waals surface area contributed by atoms with E-state index in [4.69, 9.17) is 11.6 Å². The van der Waals surface area contributed by atoms with Crippen LogP contribution >= 0.6 is 11.6 Å². The normalized spacial score (nSPS) is 10.8. The molecule has 0 aliphatic rings. The van der Waals surface area contributed by atoms with E-state index in [0.717, 1.165) is 17.1 Å². The highest BCUT2D eigenvalue weighted by atomic mass is 35.5. The van der Waals surface area contributed by atoms with Crippen molar-refractivity contribution < 1.29 is 4.92 Å². The Balaban J connectivity index is 1.74. The van der Waals surface area contributed by atoms with Gasteiger partial charge in [0.05, 0.1) is 10.6 Å². The molecule has 0 bridgehead atoms. The zero-order valence-electron chi connectivity index (χ0n) is 13.1. The minimum atomic E-state index is -0.461. The second-order valence-electron chi connectivity index (χ2n) is 5.26. The number of rotatable bonds is 5. The fraction of sp³-hybridized carbons (Fsp3) is 0. The average molecular weight is 352 g/mol. The first kappa shape index (κ1) is 16.7. The number of hydrogen-bond donors (Lipinski definition) is 1. The van der Waals surface area contributed by atoms with Crippen molar-refractivity contribution in [1.82, 2.24) is 0 Å². The van der Waals surface area contributed by atoms with Gasteiger partial charge in [0.25, 0.3) is 5.69 Å². The van der Waals surface area contributed by atoms with E-state index in [2.05, 4.69) is 10.3 Å². The number of hydrogen-bond acceptors (Lipinski definition) is 4. The first-order chi connectivity index (χ1) is 12.1. The number of nitrogens with one attached hydrogen (secondary N) is 1. The first-order valence-electron chi connectivity index (χ1n) is 7.52. The van der Waals surface area contributed by atoms with Crippen molar-refractivity contribution in [3.63, 3.8) is 0 Å². The maximum atomic E-state index is 10.8. The smallest absolute Gasteiger partial charge is 0.270 e. The van der Waals surface area contributed by atoms with Gasteiger partial charge in [-0.3, -0.25) is 15.1 Å². The molecule has 1 N–H and O–H groups in total. The Morgan fingerprint density at radius 3 is 2.32 bits per heavy atom. The molecule has 0 spiro atoms. The second kappa shape index (κ2) is 7.59. The van der Waals surface area contributed by atoms with Crippen molar-refractivity contribution in [2.24, 2.45) is 4.99 Å². The number of anilines is 2. The van der Waals surface area contributed by atoms with Gasteiger partial charge < -0.3 is 5.32 Å². The number of non-ortho nitro benzene ring substituents is 1. The van der Waals surface area contributed by atoms with Crippen LogP contribution in [-0.4, -0.2) is 11.1 Å². The van der Waals surface area contributed by atoms with Gasteiger partial charge in [-0.25, -0.2) is 0 Å². The monoisotopic (exact) mass is 351 g/mol. The highest BCUT2D eigenvalue weighted by molar-refractivity contribution is 6.33. The number of nitrogens with zero attached hydrogens (tertiary/aromatic N) is 2. The van der Waals surface area contributed by atoms with Crippen molar-refractivity contribution in [2.45, 2.75) is 0 Å². The summed E-state index contributed by atoms with van der Waals surface area (Å²) in [7, 11) is 0. The van der Waals surface area contributed by atoms with E-state index in [9.17, 15) is 10.1 Å². The molecule has 0 fully saturated rings. The molecule has 3 rings (SSSR count). The van der Waals surface area contributed by atoms with Crippen molar-refractivity contribution in [3.8, 4) is 0 Å². The average Bonchev–Trinajstić information content (AvgIpc) is 2.63. The van der Waals surface area contributed by atoms with Crippen molar-refractivity contribution in [3.05, 3.63) is 93.5 Å². The summed E-state index contributed by atoms with van der Waals surface area (Å²) in [4.78, 5) is 14.7. The van der Waals surface area contributed by atoms with E-state index in [-0.39, 0.29) is 5.69 Å². The topological polar surface area (TPSA) is 67.5 Å². The van der Waals surface area contributed by atoms with E-state index in [1.165, 1.54) is 24.4 Å². The van der Waals surface area contributed by atoms with E-state index in [1.54, 1.807) is 0 Å². The standard InChI is InChI=1S/C19H14ClN3O2/c20-19-11-10-18(23(24)25)12-14(19)13-21-15-6-8-17(9-7-15)22-16-4-2-1-3-5-16/h1-13,22H. The van der Waals surface area contributed by atoms with Gasteiger partial charge in [0.1, 0.15) is 0 Å². The van der Waals surface area contributed by atoms with Crippen LogP contribution in [0.2, 0.25) is 5.02 Å². The molecule has 0 amide bonds. The molecular weight excluding hydrogens is 338 g/mol. The van der Waals surface area contributed by atoms with Crippen LogP contribution in [0.5, 0.6) is 0 Å². The maximum Gasteiger partial charge on any atom is 0.270 e. The van der Waals surface area contributed by atoms with E-state index < -0.39 is 4.92 Å². The lowest BCUT2D eigenvalue weighted by Crippen LogP contribution is -1.91. The quantitative estimate of drug-likeness (QED) is 0.362. The van der Waals surface area contributed by atoms with Gasteiger partial charge in [-0.1, -0.05) is 29.8 Å². The Morgan fingerprint density at radius 2 is 1.64 bits per heavy atom. The SMILES string of the molecule is O=[N+]([O-])c1ccc(Cl)c(C=Nc2ccc(Nc3ccccc3)cc2)c1. The molecule has 25 heavy (non-hydrogen) atoms. The Kier molecular flexibility index (Phi) is 5.06. The van der Waals surface area contributed by atoms with Gasteiger partial charge in [-0.05, 0) is 42.5 Å². The predicted octanol–water partition coefficient (Wildman–Crippen LogP) is 5.74. The molecule has 5 nitrogen and oxygen atoms in total. The number of nitro groups is 1. The van der Waals surface area contributed by atoms with E-state index >= 15 is 0 Å². The maximum absolute atomic E-state index is 10.8. The lowest BCUT2D eigenvalue weighted by molar-refractivity contribution is -0.384. The van der Waals surface area contributed by atoms with Crippen LogP contribution in [0.25, 0.3) is 0 Å². The van der Waals surface area contributed by atoms with Crippen LogP contribution in [0.1, 0.15) is 5.56 Å². The van der Waals surface area contributed by atoms with Gasteiger partial charge in [0.2, 0.25) is 0 Å². The van der Waals surface area contributed by atoms with E-state index in [1.807, 2.05) is 54.6 Å². The van der Waals surface area contributed by atoms with E-state index in [0.29, 0.717) is 10.6 Å². The van der Waals surface area contributed by atoms with Gasteiger partial charge in [-0.15, -0.1) is 0 Å². The van der Waals surface area contributed by atoms with Crippen molar-refractivity contribution in [2.75, 3.05) is 5.32 Å². The van der Waals surface area contributed by atoms with Crippen LogP contribution in [-0.2, 0) is 0 Å². The highest BCUT2D eigenvalue weighted by Crippen LogP contribution is 2.23. The third-order valence-corrected chi connectivity index (χ3v) is 3.82. The Labute approximate surface area is 149 Å². The van der Waals surface area contributed by atoms with Gasteiger partial charge in [0, 0.05) is 40.3 Å². The molecule has 0 aromatic heterocycles. The summed E-state index contributed by atoms with van der Waals surface area (Å²) in [5.41, 5.74) is 3.15. The molecule has 0 aliphatic heterocycles. The van der Waals surface area contributed by atoms with Gasteiger partial charge >= 0.3 is 0 Å². The fourth-order valence-corrected chi connectivity index (χ4v) is 2.37. The van der Waals surface area contributed by atoms with Crippen LogP contribution in [0.15, 0.2) is 77.8 Å². The molecule has 0 aliphatic carbocycles. The summed E-state index contributed by atoms with van der Waals surface area (Å²) in [5.74, 6) is 0. The summed E-state index contributed by atoms with van der Waals surface area (Å²) in [6.07, 6.45) is 1.52. The third kappa shape index (κ3) is 4.43. The molecule has 0 atom stereocenters. The zero-order chi connectivity index (χ0) is 17.6. The molecule has 0 unspecified atom stereocenters.